The number of aromatic nitrogens is 8. The molecule has 0 atom stereocenters. The fourth-order valence-corrected chi connectivity index (χ4v) is 5.19. The number of aromatic amines is 1. The first-order chi connectivity index (χ1) is 26.6. The predicted octanol–water partition coefficient (Wildman–Crippen LogP) is 5.46. The Morgan fingerprint density at radius 2 is 1.15 bits per heavy atom. The van der Waals surface area contributed by atoms with Gasteiger partial charge >= 0.3 is 0 Å². The Hall–Kier alpha value is -7.52. The molecule has 276 valence electrons. The third kappa shape index (κ3) is 10.1. The first-order valence-corrected chi connectivity index (χ1v) is 16.9. The largest absolute Gasteiger partial charge is 0.399 e. The molecule has 0 aliphatic heterocycles. The quantitative estimate of drug-likeness (QED) is 0.149. The van der Waals surface area contributed by atoms with E-state index in [9.17, 15) is 9.59 Å². The van der Waals surface area contributed by atoms with E-state index in [1.54, 1.807) is 38.1 Å². The maximum absolute atomic E-state index is 12.2. The van der Waals surface area contributed by atoms with E-state index in [0.717, 1.165) is 33.4 Å². The monoisotopic (exact) mass is 736 g/mol. The molecular formula is C40H36N10O5. The average molecular weight is 737 g/mol. The van der Waals surface area contributed by atoms with E-state index >= 15 is 0 Å². The summed E-state index contributed by atoms with van der Waals surface area (Å²) in [5.74, 6) is 2.14. The van der Waals surface area contributed by atoms with Gasteiger partial charge in [-0.1, -0.05) is 83.1 Å². The Balaban J connectivity index is 0.000000159. The molecule has 55 heavy (non-hydrogen) atoms. The third-order valence-electron chi connectivity index (χ3n) is 7.90. The van der Waals surface area contributed by atoms with Crippen LogP contribution in [-0.2, 0) is 13.2 Å². The van der Waals surface area contributed by atoms with Gasteiger partial charge in [0.2, 0.25) is 23.4 Å². The Morgan fingerprint density at radius 1 is 0.636 bits per heavy atom. The average Bonchev–Trinajstić information content (AvgIpc) is 3.85. The van der Waals surface area contributed by atoms with E-state index in [2.05, 4.69) is 35.6 Å². The fourth-order valence-electron chi connectivity index (χ4n) is 5.19. The number of aliphatic hydroxyl groups excluding tert-OH is 1. The second-order valence-corrected chi connectivity index (χ2v) is 12.1. The highest BCUT2D eigenvalue weighted by Crippen LogP contribution is 2.23. The molecule has 8 rings (SSSR count). The van der Waals surface area contributed by atoms with Crippen LogP contribution in [0.15, 0.2) is 140 Å². The zero-order chi connectivity index (χ0) is 38.7. The molecule has 6 N–H and O–H groups in total. The summed E-state index contributed by atoms with van der Waals surface area (Å²) in [7, 11) is 0. The molecule has 0 bridgehead atoms. The van der Waals surface area contributed by atoms with Gasteiger partial charge in [-0.25, -0.2) is 9.78 Å². The number of nitrogens with one attached hydrogen (secondary N) is 1. The number of nitrogens with two attached hydrogens (primary N) is 2. The number of aryl methyl sites for hydroxylation is 2. The van der Waals surface area contributed by atoms with Crippen molar-refractivity contribution in [1.29, 1.82) is 0 Å². The Labute approximate surface area is 313 Å². The molecule has 4 aromatic heterocycles. The van der Waals surface area contributed by atoms with Gasteiger partial charge in [0, 0.05) is 59.6 Å². The molecule has 4 heterocycles. The molecule has 0 spiro atoms. The van der Waals surface area contributed by atoms with Gasteiger partial charge in [-0.15, -0.1) is 0 Å². The molecule has 0 unspecified atom stereocenters. The maximum atomic E-state index is 12.2. The van der Waals surface area contributed by atoms with Gasteiger partial charge < -0.3 is 25.6 Å². The zero-order valence-corrected chi connectivity index (χ0v) is 29.8. The number of rotatable bonds is 7. The second-order valence-electron chi connectivity index (χ2n) is 12.1. The van der Waals surface area contributed by atoms with Crippen LogP contribution >= 0.6 is 0 Å². The van der Waals surface area contributed by atoms with Crippen molar-refractivity contribution < 1.29 is 14.2 Å². The molecule has 0 radical (unpaired) electrons. The van der Waals surface area contributed by atoms with Gasteiger partial charge in [-0.2, -0.15) is 20.2 Å². The van der Waals surface area contributed by atoms with Crippen LogP contribution in [0, 0.1) is 13.8 Å². The molecule has 0 aliphatic carbocycles. The highest BCUT2D eigenvalue weighted by atomic mass is 16.5. The lowest BCUT2D eigenvalue weighted by atomic mass is 10.1. The Morgan fingerprint density at radius 3 is 1.62 bits per heavy atom. The van der Waals surface area contributed by atoms with Gasteiger partial charge in [0.05, 0.1) is 24.5 Å². The summed E-state index contributed by atoms with van der Waals surface area (Å²) in [6.45, 7) is 3.91. The van der Waals surface area contributed by atoms with E-state index in [1.165, 1.54) is 16.8 Å². The molecule has 15 heteroatoms. The van der Waals surface area contributed by atoms with Crippen LogP contribution in [0.3, 0.4) is 0 Å². The summed E-state index contributed by atoms with van der Waals surface area (Å²) >= 11 is 0. The van der Waals surface area contributed by atoms with Crippen molar-refractivity contribution in [2.24, 2.45) is 0 Å². The standard InChI is InChI=1S/C20H17N5O2.C13H10N4O2.C7H9NO/c1-13-22-20(24-27-13)16-7-5-15(6-8-16)18-9-10-19(26)25(23-18)12-14-3-2-4-17(21)11-14;1-8-14-13(17-19-8)10-4-2-9(3-5-10)11-6-7-12(18)16-15-11;8-7-3-1-2-6(4-7)5-9/h2-11H,12,21H2,1H3;2-7H,1H3,(H,16,18);1-4,9H,5,8H2. The normalized spacial score (nSPS) is 10.5. The minimum absolute atomic E-state index is 0.0606. The Bertz CT molecular complexity index is 2590. The number of H-pyrrole nitrogens is 1. The fraction of sp³-hybridized carbons (Fsp3) is 0.100. The van der Waals surface area contributed by atoms with Gasteiger partial charge in [0.15, 0.2) is 0 Å². The van der Waals surface area contributed by atoms with Crippen LogP contribution in [0.25, 0.3) is 45.3 Å². The van der Waals surface area contributed by atoms with Crippen LogP contribution < -0.4 is 22.6 Å². The van der Waals surface area contributed by atoms with E-state index in [0.29, 0.717) is 52.7 Å². The van der Waals surface area contributed by atoms with E-state index < -0.39 is 0 Å². The number of benzene rings is 4. The lowest BCUT2D eigenvalue weighted by Crippen LogP contribution is -2.22. The van der Waals surface area contributed by atoms with Gasteiger partial charge in [0.25, 0.3) is 11.1 Å². The molecule has 0 fully saturated rings. The first-order valence-electron chi connectivity index (χ1n) is 16.9. The Kier molecular flexibility index (Phi) is 11.7. The van der Waals surface area contributed by atoms with Crippen LogP contribution in [0.4, 0.5) is 11.4 Å². The van der Waals surface area contributed by atoms with E-state index in [1.807, 2.05) is 84.9 Å². The van der Waals surface area contributed by atoms with Crippen molar-refractivity contribution in [3.8, 4) is 45.3 Å². The predicted molar refractivity (Wildman–Crippen MR) is 207 cm³/mol. The molecule has 4 aromatic carbocycles. The lowest BCUT2D eigenvalue weighted by molar-refractivity contribution is 0.282. The number of hydrogen-bond acceptors (Lipinski definition) is 13. The second kappa shape index (κ2) is 17.3. The van der Waals surface area contributed by atoms with E-state index in [-0.39, 0.29) is 17.7 Å². The molecule has 0 amide bonds. The van der Waals surface area contributed by atoms with Crippen LogP contribution in [0.5, 0.6) is 0 Å². The number of nitrogens with zero attached hydrogens (tertiary/aromatic N) is 7. The van der Waals surface area contributed by atoms with Crippen LogP contribution in [0.1, 0.15) is 22.9 Å². The zero-order valence-electron chi connectivity index (χ0n) is 29.8. The van der Waals surface area contributed by atoms with Crippen molar-refractivity contribution in [1.82, 2.24) is 40.3 Å². The van der Waals surface area contributed by atoms with Gasteiger partial charge in [0.1, 0.15) is 0 Å². The molecule has 15 nitrogen and oxygen atoms in total. The van der Waals surface area contributed by atoms with Crippen molar-refractivity contribution in [3.63, 3.8) is 0 Å². The summed E-state index contributed by atoms with van der Waals surface area (Å²) in [5.41, 5.74) is 18.9. The number of anilines is 2. The summed E-state index contributed by atoms with van der Waals surface area (Å²) in [6.07, 6.45) is 0. The third-order valence-corrected chi connectivity index (χ3v) is 7.90. The molecule has 0 saturated heterocycles. The number of aliphatic hydroxyl groups is 1. The molecular weight excluding hydrogens is 701 g/mol. The van der Waals surface area contributed by atoms with Crippen molar-refractivity contribution in [2.45, 2.75) is 27.0 Å². The highest BCUT2D eigenvalue weighted by molar-refractivity contribution is 5.65. The molecule has 0 aliphatic rings. The number of nitrogen functional groups attached to an aromatic ring is 2. The first kappa shape index (κ1) is 37.2. The lowest BCUT2D eigenvalue weighted by Gasteiger charge is -2.08. The topological polar surface area (TPSA) is 231 Å². The highest BCUT2D eigenvalue weighted by Gasteiger charge is 2.09. The van der Waals surface area contributed by atoms with E-state index in [4.69, 9.17) is 25.6 Å². The minimum Gasteiger partial charge on any atom is -0.399 e. The SMILES string of the molecule is Cc1nc(-c2ccc(-c3ccc(=O)[nH]n3)cc2)no1.Cc1nc(-c2ccc(-c3ccc(=O)n(Cc4cccc(N)c4)n3)cc2)no1.Nc1cccc(CO)c1. The van der Waals surface area contributed by atoms with Crippen LogP contribution in [0.2, 0.25) is 0 Å². The smallest absolute Gasteiger partial charge is 0.267 e. The molecule has 8 aromatic rings. The molecule has 0 saturated carbocycles. The van der Waals surface area contributed by atoms with Crippen molar-refractivity contribution >= 4 is 11.4 Å². The summed E-state index contributed by atoms with van der Waals surface area (Å²) in [6, 6.07) is 36.1. The van der Waals surface area contributed by atoms with Crippen molar-refractivity contribution in [2.75, 3.05) is 11.5 Å². The summed E-state index contributed by atoms with van der Waals surface area (Å²) < 4.78 is 11.4. The van der Waals surface area contributed by atoms with Gasteiger partial charge in [-0.05, 0) is 47.5 Å². The minimum atomic E-state index is -0.220. The number of hydrogen-bond donors (Lipinski definition) is 4. The summed E-state index contributed by atoms with van der Waals surface area (Å²) in [4.78, 5) is 31.5. The van der Waals surface area contributed by atoms with Crippen LogP contribution in [-0.4, -0.2) is 45.4 Å². The maximum Gasteiger partial charge on any atom is 0.267 e. The van der Waals surface area contributed by atoms with Gasteiger partial charge in [-0.3, -0.25) is 9.59 Å². The summed E-state index contributed by atoms with van der Waals surface area (Å²) in [5, 5.41) is 27.2. The van der Waals surface area contributed by atoms with Crippen molar-refractivity contribution in [3.05, 3.63) is 165 Å².